The van der Waals surface area contributed by atoms with E-state index in [-0.39, 0.29) is 5.56 Å². The Hall–Kier alpha value is -1.25. The molecule has 0 fully saturated rings. The second kappa shape index (κ2) is 7.15. The van der Waals surface area contributed by atoms with E-state index in [2.05, 4.69) is 31.3 Å². The van der Waals surface area contributed by atoms with Crippen LogP contribution < -0.4 is 10.9 Å². The standard InChI is InChI=1S/C13H18BrN5OS/c1-9-15-6-10(21-9)7-16-11-8-17-19(5-4-18(2)3)13(20)12(11)14/h6,8,16H,4-5,7H2,1-3H3. The van der Waals surface area contributed by atoms with Gasteiger partial charge in [-0.25, -0.2) is 9.67 Å². The molecule has 0 saturated heterocycles. The van der Waals surface area contributed by atoms with Gasteiger partial charge >= 0.3 is 0 Å². The number of halogens is 1. The average Bonchev–Trinajstić information content (AvgIpc) is 2.85. The Labute approximate surface area is 135 Å². The lowest BCUT2D eigenvalue weighted by atomic mass is 10.4. The molecule has 0 radical (unpaired) electrons. The molecule has 0 bridgehead atoms. The van der Waals surface area contributed by atoms with Crippen molar-refractivity contribution in [3.63, 3.8) is 0 Å². The molecule has 0 aromatic carbocycles. The third-order valence-corrected chi connectivity index (χ3v) is 4.55. The van der Waals surface area contributed by atoms with Gasteiger partial charge in [0, 0.05) is 17.6 Å². The van der Waals surface area contributed by atoms with Gasteiger partial charge in [0.05, 0.1) is 30.0 Å². The molecule has 2 aromatic rings. The maximum absolute atomic E-state index is 12.2. The molecule has 8 heteroatoms. The molecule has 0 saturated carbocycles. The Balaban J connectivity index is 2.07. The van der Waals surface area contributed by atoms with Crippen molar-refractivity contribution in [1.82, 2.24) is 19.7 Å². The van der Waals surface area contributed by atoms with Crippen LogP contribution in [0, 0.1) is 6.92 Å². The summed E-state index contributed by atoms with van der Waals surface area (Å²) in [5.74, 6) is 0. The van der Waals surface area contributed by atoms with Crippen LogP contribution in [0.1, 0.15) is 9.88 Å². The van der Waals surface area contributed by atoms with E-state index < -0.39 is 0 Å². The third-order valence-electron chi connectivity index (χ3n) is 2.87. The highest BCUT2D eigenvalue weighted by atomic mass is 79.9. The maximum Gasteiger partial charge on any atom is 0.283 e. The molecule has 114 valence electrons. The number of aromatic nitrogens is 3. The Bertz CT molecular complexity index is 667. The minimum absolute atomic E-state index is 0.123. The number of nitrogens with zero attached hydrogens (tertiary/aromatic N) is 4. The van der Waals surface area contributed by atoms with E-state index in [1.165, 1.54) is 4.68 Å². The molecule has 21 heavy (non-hydrogen) atoms. The SMILES string of the molecule is Cc1ncc(CNc2cnn(CCN(C)C)c(=O)c2Br)s1. The van der Waals surface area contributed by atoms with Crippen molar-refractivity contribution in [2.75, 3.05) is 26.0 Å². The highest BCUT2D eigenvalue weighted by molar-refractivity contribution is 9.10. The molecular formula is C13H18BrN5OS. The first-order valence-corrected chi connectivity index (χ1v) is 8.14. The van der Waals surface area contributed by atoms with Crippen molar-refractivity contribution < 1.29 is 0 Å². The molecular weight excluding hydrogens is 354 g/mol. The predicted molar refractivity (Wildman–Crippen MR) is 88.9 cm³/mol. The highest BCUT2D eigenvalue weighted by Gasteiger charge is 2.09. The summed E-state index contributed by atoms with van der Waals surface area (Å²) in [6.07, 6.45) is 3.52. The smallest absolute Gasteiger partial charge is 0.283 e. The Morgan fingerprint density at radius 3 is 2.81 bits per heavy atom. The normalized spacial score (nSPS) is 11.1. The second-order valence-corrected chi connectivity index (χ2v) is 7.02. The summed E-state index contributed by atoms with van der Waals surface area (Å²) in [6.45, 7) is 3.94. The number of aryl methyl sites for hydroxylation is 1. The lowest BCUT2D eigenvalue weighted by molar-refractivity contribution is 0.367. The van der Waals surface area contributed by atoms with Gasteiger partial charge in [-0.05, 0) is 36.9 Å². The molecule has 0 amide bonds. The van der Waals surface area contributed by atoms with Crippen LogP contribution in [0.25, 0.3) is 0 Å². The van der Waals surface area contributed by atoms with Crippen LogP contribution in [0.3, 0.4) is 0 Å². The van der Waals surface area contributed by atoms with Crippen molar-refractivity contribution in [3.05, 3.63) is 37.1 Å². The number of nitrogens with one attached hydrogen (secondary N) is 1. The molecule has 0 atom stereocenters. The van der Waals surface area contributed by atoms with Crippen LogP contribution in [-0.2, 0) is 13.1 Å². The fourth-order valence-corrected chi connectivity index (χ4v) is 2.89. The molecule has 0 aliphatic carbocycles. The van der Waals surface area contributed by atoms with Crippen molar-refractivity contribution >= 4 is 33.0 Å². The first-order chi connectivity index (χ1) is 9.97. The summed E-state index contributed by atoms with van der Waals surface area (Å²) in [6, 6.07) is 0. The van der Waals surface area contributed by atoms with Gasteiger partial charge < -0.3 is 10.2 Å². The fourth-order valence-electron chi connectivity index (χ4n) is 1.71. The van der Waals surface area contributed by atoms with E-state index in [0.29, 0.717) is 23.2 Å². The van der Waals surface area contributed by atoms with Gasteiger partial charge in [-0.3, -0.25) is 4.79 Å². The Kier molecular flexibility index (Phi) is 5.49. The Morgan fingerprint density at radius 2 is 2.19 bits per heavy atom. The zero-order chi connectivity index (χ0) is 15.4. The lowest BCUT2D eigenvalue weighted by Crippen LogP contribution is -2.29. The first-order valence-electron chi connectivity index (χ1n) is 6.53. The van der Waals surface area contributed by atoms with Gasteiger partial charge in [0.25, 0.3) is 5.56 Å². The molecule has 2 heterocycles. The van der Waals surface area contributed by atoms with E-state index >= 15 is 0 Å². The predicted octanol–water partition coefficient (Wildman–Crippen LogP) is 1.94. The minimum atomic E-state index is -0.123. The van der Waals surface area contributed by atoms with Gasteiger partial charge in [-0.2, -0.15) is 5.10 Å². The minimum Gasteiger partial charge on any atom is -0.378 e. The lowest BCUT2D eigenvalue weighted by Gasteiger charge is -2.12. The van der Waals surface area contributed by atoms with Gasteiger partial charge in [0.2, 0.25) is 0 Å². The zero-order valence-corrected chi connectivity index (χ0v) is 14.7. The van der Waals surface area contributed by atoms with Crippen LogP contribution in [0.4, 0.5) is 5.69 Å². The number of likely N-dealkylation sites (N-methyl/N-ethyl adjacent to an activating group) is 1. The highest BCUT2D eigenvalue weighted by Crippen LogP contribution is 2.19. The van der Waals surface area contributed by atoms with Gasteiger partial charge in [0.1, 0.15) is 4.47 Å². The van der Waals surface area contributed by atoms with E-state index in [9.17, 15) is 4.79 Å². The molecule has 0 spiro atoms. The molecule has 0 aliphatic heterocycles. The summed E-state index contributed by atoms with van der Waals surface area (Å²) < 4.78 is 1.98. The summed E-state index contributed by atoms with van der Waals surface area (Å²) in [5, 5.41) is 8.44. The number of hydrogen-bond acceptors (Lipinski definition) is 6. The summed E-state index contributed by atoms with van der Waals surface area (Å²) in [4.78, 5) is 19.5. The number of thiazole rings is 1. The molecule has 0 unspecified atom stereocenters. The molecule has 6 nitrogen and oxygen atoms in total. The largest absolute Gasteiger partial charge is 0.378 e. The zero-order valence-electron chi connectivity index (χ0n) is 12.3. The van der Waals surface area contributed by atoms with Crippen LogP contribution in [0.2, 0.25) is 0 Å². The van der Waals surface area contributed by atoms with Crippen molar-refractivity contribution in [1.29, 1.82) is 0 Å². The Morgan fingerprint density at radius 1 is 1.43 bits per heavy atom. The van der Waals surface area contributed by atoms with Crippen molar-refractivity contribution in [2.24, 2.45) is 0 Å². The number of anilines is 1. The van der Waals surface area contributed by atoms with Crippen LogP contribution in [0.5, 0.6) is 0 Å². The monoisotopic (exact) mass is 371 g/mol. The molecule has 1 N–H and O–H groups in total. The molecule has 2 rings (SSSR count). The first kappa shape index (κ1) is 16.1. The number of hydrogen-bond donors (Lipinski definition) is 1. The van der Waals surface area contributed by atoms with Crippen LogP contribution >= 0.6 is 27.3 Å². The van der Waals surface area contributed by atoms with Gasteiger partial charge in [0.15, 0.2) is 0 Å². The summed E-state index contributed by atoms with van der Waals surface area (Å²) in [7, 11) is 3.93. The number of rotatable bonds is 6. The van der Waals surface area contributed by atoms with Gasteiger partial charge in [-0.1, -0.05) is 0 Å². The third kappa shape index (κ3) is 4.36. The van der Waals surface area contributed by atoms with Crippen molar-refractivity contribution in [3.8, 4) is 0 Å². The van der Waals surface area contributed by atoms with Crippen LogP contribution in [-0.4, -0.2) is 40.3 Å². The van der Waals surface area contributed by atoms with E-state index in [0.717, 1.165) is 16.4 Å². The average molecular weight is 372 g/mol. The van der Waals surface area contributed by atoms with E-state index in [1.54, 1.807) is 17.5 Å². The fraction of sp³-hybridized carbons (Fsp3) is 0.462. The summed E-state index contributed by atoms with van der Waals surface area (Å²) >= 11 is 4.99. The van der Waals surface area contributed by atoms with Gasteiger partial charge in [-0.15, -0.1) is 11.3 Å². The maximum atomic E-state index is 12.2. The topological polar surface area (TPSA) is 63.1 Å². The van der Waals surface area contributed by atoms with Crippen molar-refractivity contribution in [2.45, 2.75) is 20.0 Å². The molecule has 0 aliphatic rings. The molecule has 2 aromatic heterocycles. The quantitative estimate of drug-likeness (QED) is 0.840. The second-order valence-electron chi connectivity index (χ2n) is 4.90. The van der Waals surface area contributed by atoms with E-state index in [4.69, 9.17) is 0 Å². The van der Waals surface area contributed by atoms with Crippen LogP contribution in [0.15, 0.2) is 21.7 Å². The van der Waals surface area contributed by atoms with E-state index in [1.807, 2.05) is 32.1 Å². The summed E-state index contributed by atoms with van der Waals surface area (Å²) in [5.41, 5.74) is 0.578.